The van der Waals surface area contributed by atoms with Gasteiger partial charge in [-0.1, -0.05) is 6.42 Å². The van der Waals surface area contributed by atoms with E-state index >= 15 is 0 Å². The van der Waals surface area contributed by atoms with Crippen LogP contribution in [-0.2, 0) is 14.3 Å². The minimum absolute atomic E-state index is 0.0348. The minimum atomic E-state index is 0.0348. The van der Waals surface area contributed by atoms with Crippen LogP contribution >= 0.6 is 0 Å². The normalized spacial score (nSPS) is 33.0. The molecule has 0 aromatic heterocycles. The van der Waals surface area contributed by atoms with Gasteiger partial charge in [0, 0.05) is 45.8 Å². The Morgan fingerprint density at radius 2 is 2.14 bits per heavy atom. The fourth-order valence-corrected chi connectivity index (χ4v) is 3.70. The molecule has 2 saturated heterocycles. The molecule has 3 rings (SSSR count). The lowest BCUT2D eigenvalue weighted by Gasteiger charge is -2.35. The predicted molar refractivity (Wildman–Crippen MR) is 80.1 cm³/mol. The number of carbonyl (C=O) groups excluding carboxylic acids is 1. The number of hydrogen-bond acceptors (Lipinski definition) is 4. The van der Waals surface area contributed by atoms with Gasteiger partial charge in [0.15, 0.2) is 0 Å². The van der Waals surface area contributed by atoms with Crippen LogP contribution < -0.4 is 0 Å². The summed E-state index contributed by atoms with van der Waals surface area (Å²) in [6.07, 6.45) is 5.60. The third-order valence-electron chi connectivity index (χ3n) is 5.42. The van der Waals surface area contributed by atoms with Crippen LogP contribution in [0.15, 0.2) is 0 Å². The van der Waals surface area contributed by atoms with Crippen molar-refractivity contribution in [2.75, 3.05) is 47.0 Å². The average Bonchev–Trinajstić information content (AvgIpc) is 2.93. The summed E-state index contributed by atoms with van der Waals surface area (Å²) in [5.41, 5.74) is 0. The van der Waals surface area contributed by atoms with Gasteiger partial charge in [-0.3, -0.25) is 9.69 Å². The van der Waals surface area contributed by atoms with Crippen LogP contribution in [0.1, 0.15) is 25.7 Å². The molecule has 3 atom stereocenters. The first-order valence-corrected chi connectivity index (χ1v) is 8.28. The fraction of sp³-hybridized carbons (Fsp3) is 0.938. The quantitative estimate of drug-likeness (QED) is 0.685. The number of hydrogen-bond donors (Lipinski definition) is 0. The highest BCUT2D eigenvalue weighted by Gasteiger charge is 2.45. The monoisotopic (exact) mass is 296 g/mol. The molecule has 1 saturated carbocycles. The summed E-state index contributed by atoms with van der Waals surface area (Å²) in [5.74, 6) is 1.32. The lowest BCUT2D eigenvalue weighted by atomic mass is 9.89. The zero-order valence-corrected chi connectivity index (χ0v) is 13.3. The van der Waals surface area contributed by atoms with Crippen molar-refractivity contribution >= 4 is 5.91 Å². The molecule has 1 amide bonds. The molecule has 2 heterocycles. The van der Waals surface area contributed by atoms with E-state index in [0.717, 1.165) is 25.6 Å². The molecule has 3 fully saturated rings. The molecular weight excluding hydrogens is 268 g/mol. The Balaban J connectivity index is 1.38. The summed E-state index contributed by atoms with van der Waals surface area (Å²) in [4.78, 5) is 15.7. The van der Waals surface area contributed by atoms with E-state index in [2.05, 4.69) is 4.90 Å². The lowest BCUT2D eigenvalue weighted by Crippen LogP contribution is -2.39. The largest absolute Gasteiger partial charge is 0.376 e. The Kier molecular flexibility index (Phi) is 4.82. The summed E-state index contributed by atoms with van der Waals surface area (Å²) >= 11 is 0. The van der Waals surface area contributed by atoms with Gasteiger partial charge in [-0.15, -0.1) is 0 Å². The first kappa shape index (κ1) is 15.3. The molecule has 0 bridgehead atoms. The number of likely N-dealkylation sites (N-methyl/N-ethyl adjacent to an activating group) is 1. The van der Waals surface area contributed by atoms with Gasteiger partial charge >= 0.3 is 0 Å². The van der Waals surface area contributed by atoms with Crippen molar-refractivity contribution in [3.05, 3.63) is 0 Å². The Hall–Kier alpha value is -0.650. The Morgan fingerprint density at radius 1 is 1.33 bits per heavy atom. The zero-order valence-electron chi connectivity index (χ0n) is 13.3. The van der Waals surface area contributed by atoms with E-state index < -0.39 is 0 Å². The maximum Gasteiger partial charge on any atom is 0.248 e. The van der Waals surface area contributed by atoms with Crippen molar-refractivity contribution in [3.8, 4) is 0 Å². The van der Waals surface area contributed by atoms with E-state index in [-0.39, 0.29) is 12.5 Å². The molecule has 0 spiro atoms. The molecule has 120 valence electrons. The molecule has 1 aliphatic carbocycles. The first-order chi connectivity index (χ1) is 10.1. The number of likely N-dealkylation sites (tertiary alicyclic amines) is 1. The Morgan fingerprint density at radius 3 is 2.81 bits per heavy atom. The van der Waals surface area contributed by atoms with Gasteiger partial charge in [0.1, 0.15) is 6.61 Å². The van der Waals surface area contributed by atoms with Gasteiger partial charge in [0.05, 0.1) is 12.7 Å². The summed E-state index contributed by atoms with van der Waals surface area (Å²) in [7, 11) is 3.52. The Bertz CT molecular complexity index is 371. The highest BCUT2D eigenvalue weighted by atomic mass is 16.5. The maximum absolute atomic E-state index is 11.4. The molecule has 5 nitrogen and oxygen atoms in total. The van der Waals surface area contributed by atoms with Gasteiger partial charge in [0.25, 0.3) is 0 Å². The smallest absolute Gasteiger partial charge is 0.248 e. The third-order valence-corrected chi connectivity index (χ3v) is 5.42. The number of nitrogens with zero attached hydrogens (tertiary/aromatic N) is 2. The van der Waals surface area contributed by atoms with E-state index in [1.54, 1.807) is 19.0 Å². The topological polar surface area (TPSA) is 42.0 Å². The predicted octanol–water partition coefficient (Wildman–Crippen LogP) is 0.981. The number of amides is 1. The summed E-state index contributed by atoms with van der Waals surface area (Å²) in [6, 6.07) is 0.828. The number of carbonyl (C=O) groups is 1. The maximum atomic E-state index is 11.4. The van der Waals surface area contributed by atoms with Gasteiger partial charge in [0.2, 0.25) is 5.91 Å². The highest BCUT2D eigenvalue weighted by molar-refractivity contribution is 5.76. The van der Waals surface area contributed by atoms with Gasteiger partial charge < -0.3 is 14.4 Å². The van der Waals surface area contributed by atoms with Crippen molar-refractivity contribution in [3.63, 3.8) is 0 Å². The van der Waals surface area contributed by atoms with Crippen molar-refractivity contribution < 1.29 is 14.3 Å². The minimum Gasteiger partial charge on any atom is -0.376 e. The van der Waals surface area contributed by atoms with Crippen LogP contribution in [0.5, 0.6) is 0 Å². The van der Waals surface area contributed by atoms with Gasteiger partial charge in [-0.25, -0.2) is 0 Å². The zero-order chi connectivity index (χ0) is 14.8. The SMILES string of the molecule is CN(C)C(=O)COCC[C@@H]1CO[C@@H]2CN(C3CCC3)C[C@H]12. The van der Waals surface area contributed by atoms with E-state index in [1.165, 1.54) is 25.8 Å². The molecule has 5 heteroatoms. The molecule has 2 aliphatic heterocycles. The standard InChI is InChI=1S/C16H28N2O3/c1-17(2)16(19)11-20-7-6-12-10-21-15-9-18(8-14(12)15)13-4-3-5-13/h12-15H,3-11H2,1-2H3/t12-,14-,15-/m1/s1. The van der Waals surface area contributed by atoms with E-state index in [1.807, 2.05) is 0 Å². The van der Waals surface area contributed by atoms with Gasteiger partial charge in [-0.2, -0.15) is 0 Å². The molecule has 0 aromatic carbocycles. The molecular formula is C16H28N2O3. The Labute approximate surface area is 127 Å². The molecule has 0 unspecified atom stereocenters. The van der Waals surface area contributed by atoms with Crippen LogP contribution in [0.2, 0.25) is 0 Å². The van der Waals surface area contributed by atoms with E-state index in [4.69, 9.17) is 9.47 Å². The van der Waals surface area contributed by atoms with Crippen molar-refractivity contribution in [2.45, 2.75) is 37.8 Å². The summed E-state index contributed by atoms with van der Waals surface area (Å²) < 4.78 is 11.5. The summed E-state index contributed by atoms with van der Waals surface area (Å²) in [6.45, 7) is 4.07. The molecule has 0 radical (unpaired) electrons. The lowest BCUT2D eigenvalue weighted by molar-refractivity contribution is -0.133. The van der Waals surface area contributed by atoms with Crippen molar-refractivity contribution in [1.29, 1.82) is 0 Å². The third kappa shape index (κ3) is 3.41. The number of ether oxygens (including phenoxy) is 2. The number of rotatable bonds is 6. The van der Waals surface area contributed by atoms with E-state index in [0.29, 0.717) is 24.5 Å². The van der Waals surface area contributed by atoms with Crippen molar-refractivity contribution in [2.24, 2.45) is 11.8 Å². The van der Waals surface area contributed by atoms with Crippen LogP contribution in [0.4, 0.5) is 0 Å². The first-order valence-electron chi connectivity index (χ1n) is 8.28. The second kappa shape index (κ2) is 6.63. The molecule has 0 N–H and O–H groups in total. The van der Waals surface area contributed by atoms with Crippen molar-refractivity contribution in [1.82, 2.24) is 9.80 Å². The molecule has 0 aromatic rings. The molecule has 21 heavy (non-hydrogen) atoms. The molecule has 3 aliphatic rings. The van der Waals surface area contributed by atoms with Crippen LogP contribution in [0.25, 0.3) is 0 Å². The van der Waals surface area contributed by atoms with E-state index in [9.17, 15) is 4.79 Å². The average molecular weight is 296 g/mol. The second-order valence-corrected chi connectivity index (χ2v) is 6.96. The van der Waals surface area contributed by atoms with Crippen LogP contribution in [-0.4, -0.2) is 74.9 Å². The summed E-state index contributed by atoms with van der Waals surface area (Å²) in [5, 5.41) is 0. The highest BCUT2D eigenvalue weighted by Crippen LogP contribution is 2.39. The van der Waals surface area contributed by atoms with Gasteiger partial charge in [-0.05, 0) is 25.2 Å². The van der Waals surface area contributed by atoms with Crippen LogP contribution in [0, 0.1) is 11.8 Å². The second-order valence-electron chi connectivity index (χ2n) is 6.96. The van der Waals surface area contributed by atoms with Crippen LogP contribution in [0.3, 0.4) is 0 Å². The number of fused-ring (bicyclic) bond motifs is 1. The fourth-order valence-electron chi connectivity index (χ4n) is 3.70.